The highest BCUT2D eigenvalue weighted by molar-refractivity contribution is 5.89. The first kappa shape index (κ1) is 14.5. The van der Waals surface area contributed by atoms with Crippen molar-refractivity contribution in [2.75, 3.05) is 0 Å². The van der Waals surface area contributed by atoms with Crippen LogP contribution >= 0.6 is 0 Å². The Morgan fingerprint density at radius 2 is 2.22 bits per heavy atom. The van der Waals surface area contributed by atoms with Gasteiger partial charge in [-0.3, -0.25) is 0 Å². The summed E-state index contributed by atoms with van der Waals surface area (Å²) >= 11 is 0. The van der Waals surface area contributed by atoms with Crippen molar-refractivity contribution < 1.29 is 9.53 Å². The van der Waals surface area contributed by atoms with Gasteiger partial charge in [0.1, 0.15) is 6.10 Å². The molecule has 1 aromatic carbocycles. The number of carbonyl (C=O) groups is 1. The van der Waals surface area contributed by atoms with Gasteiger partial charge in [-0.1, -0.05) is 43.5 Å². The van der Waals surface area contributed by atoms with Crippen molar-refractivity contribution in [3.05, 3.63) is 47.5 Å². The highest BCUT2D eigenvalue weighted by atomic mass is 16.5. The van der Waals surface area contributed by atoms with Gasteiger partial charge >= 0.3 is 5.97 Å². The molecule has 0 spiro atoms. The monoisotopic (exact) mass is 246 g/mol. The third-order valence-corrected chi connectivity index (χ3v) is 2.68. The second-order valence-corrected chi connectivity index (χ2v) is 4.55. The molecule has 0 aromatic heterocycles. The van der Waals surface area contributed by atoms with E-state index in [-0.39, 0.29) is 12.1 Å². The average molecular weight is 246 g/mol. The van der Waals surface area contributed by atoms with E-state index in [1.807, 2.05) is 38.1 Å². The molecule has 1 unspecified atom stereocenters. The predicted molar refractivity (Wildman–Crippen MR) is 74.7 cm³/mol. The summed E-state index contributed by atoms with van der Waals surface area (Å²) < 4.78 is 5.35. The Hall–Kier alpha value is -1.57. The van der Waals surface area contributed by atoms with Crippen LogP contribution in [0.15, 0.2) is 36.4 Å². The standard InChI is InChI=1S/C16H22O2/c1-4-5-6-7-10-14(3)18-16(17)15-11-8-9-13(2)12-15/h7-12,14H,4-6H2,1-3H3/b10-7+. The third-order valence-electron chi connectivity index (χ3n) is 2.68. The van der Waals surface area contributed by atoms with Crippen LogP contribution in [-0.2, 0) is 4.74 Å². The first-order chi connectivity index (χ1) is 8.63. The number of rotatable bonds is 6. The lowest BCUT2D eigenvalue weighted by Crippen LogP contribution is -2.12. The Morgan fingerprint density at radius 1 is 1.44 bits per heavy atom. The smallest absolute Gasteiger partial charge is 0.338 e. The minimum Gasteiger partial charge on any atom is -0.455 e. The molecule has 0 aliphatic heterocycles. The number of hydrogen-bond donors (Lipinski definition) is 0. The van der Waals surface area contributed by atoms with E-state index < -0.39 is 0 Å². The van der Waals surface area contributed by atoms with Crippen LogP contribution in [0.4, 0.5) is 0 Å². The van der Waals surface area contributed by atoms with Crippen LogP contribution in [0.25, 0.3) is 0 Å². The van der Waals surface area contributed by atoms with Crippen LogP contribution in [0.5, 0.6) is 0 Å². The largest absolute Gasteiger partial charge is 0.455 e. The van der Waals surface area contributed by atoms with E-state index in [4.69, 9.17) is 4.74 Å². The molecule has 0 bridgehead atoms. The highest BCUT2D eigenvalue weighted by Crippen LogP contribution is 2.08. The van der Waals surface area contributed by atoms with E-state index in [1.54, 1.807) is 6.07 Å². The fourth-order valence-electron chi connectivity index (χ4n) is 1.66. The number of ether oxygens (including phenoxy) is 1. The summed E-state index contributed by atoms with van der Waals surface area (Å²) in [7, 11) is 0. The summed E-state index contributed by atoms with van der Waals surface area (Å²) in [6.07, 6.45) is 7.26. The fraction of sp³-hybridized carbons (Fsp3) is 0.438. The summed E-state index contributed by atoms with van der Waals surface area (Å²) in [5.74, 6) is -0.258. The summed E-state index contributed by atoms with van der Waals surface area (Å²) in [6, 6.07) is 7.46. The van der Waals surface area contributed by atoms with Crippen LogP contribution in [0.1, 0.15) is 49.0 Å². The van der Waals surface area contributed by atoms with Crippen molar-refractivity contribution in [2.24, 2.45) is 0 Å². The molecular weight excluding hydrogens is 224 g/mol. The molecule has 2 heteroatoms. The van der Waals surface area contributed by atoms with Gasteiger partial charge in [-0.05, 0) is 38.5 Å². The molecule has 0 fully saturated rings. The molecule has 1 atom stereocenters. The molecule has 0 aliphatic rings. The van der Waals surface area contributed by atoms with Gasteiger partial charge in [-0.15, -0.1) is 0 Å². The molecule has 1 aromatic rings. The molecule has 0 aliphatic carbocycles. The van der Waals surface area contributed by atoms with Gasteiger partial charge in [0.25, 0.3) is 0 Å². The molecule has 18 heavy (non-hydrogen) atoms. The van der Waals surface area contributed by atoms with E-state index in [0.29, 0.717) is 5.56 Å². The van der Waals surface area contributed by atoms with Crippen molar-refractivity contribution in [1.82, 2.24) is 0 Å². The molecule has 1 rings (SSSR count). The molecule has 0 N–H and O–H groups in total. The minimum atomic E-state index is -0.258. The van der Waals surface area contributed by atoms with E-state index in [1.165, 1.54) is 12.8 Å². The number of benzene rings is 1. The van der Waals surface area contributed by atoms with Crippen LogP contribution in [0.2, 0.25) is 0 Å². The molecule has 0 saturated carbocycles. The summed E-state index contributed by atoms with van der Waals surface area (Å²) in [5.41, 5.74) is 1.68. The normalized spacial score (nSPS) is 12.6. The molecular formula is C16H22O2. The molecule has 2 nitrogen and oxygen atoms in total. The zero-order chi connectivity index (χ0) is 13.4. The van der Waals surface area contributed by atoms with Gasteiger partial charge in [0.2, 0.25) is 0 Å². The number of allylic oxidation sites excluding steroid dienone is 1. The van der Waals surface area contributed by atoms with Gasteiger partial charge in [0.15, 0.2) is 0 Å². The third kappa shape index (κ3) is 5.17. The predicted octanol–water partition coefficient (Wildman–Crippen LogP) is 4.29. The topological polar surface area (TPSA) is 26.3 Å². The summed E-state index contributed by atoms with van der Waals surface area (Å²) in [5, 5.41) is 0. The van der Waals surface area contributed by atoms with Gasteiger partial charge in [0, 0.05) is 0 Å². The lowest BCUT2D eigenvalue weighted by Gasteiger charge is -2.09. The maximum absolute atomic E-state index is 11.8. The van der Waals surface area contributed by atoms with Crippen LogP contribution in [-0.4, -0.2) is 12.1 Å². The lowest BCUT2D eigenvalue weighted by atomic mass is 10.1. The maximum atomic E-state index is 11.8. The Morgan fingerprint density at radius 3 is 2.89 bits per heavy atom. The van der Waals surface area contributed by atoms with E-state index in [9.17, 15) is 4.79 Å². The lowest BCUT2D eigenvalue weighted by molar-refractivity contribution is 0.0424. The van der Waals surface area contributed by atoms with E-state index in [0.717, 1.165) is 12.0 Å². The molecule has 0 heterocycles. The minimum absolute atomic E-state index is 0.171. The number of carbonyl (C=O) groups excluding carboxylic acids is 1. The summed E-state index contributed by atoms with van der Waals surface area (Å²) in [6.45, 7) is 6.01. The van der Waals surface area contributed by atoms with Crippen molar-refractivity contribution in [2.45, 2.75) is 46.1 Å². The summed E-state index contributed by atoms with van der Waals surface area (Å²) in [4.78, 5) is 11.8. The Kier molecular flexibility index (Phi) is 6.20. The maximum Gasteiger partial charge on any atom is 0.338 e. The number of esters is 1. The highest BCUT2D eigenvalue weighted by Gasteiger charge is 2.09. The van der Waals surface area contributed by atoms with Crippen molar-refractivity contribution in [3.63, 3.8) is 0 Å². The second kappa shape index (κ2) is 7.70. The van der Waals surface area contributed by atoms with Crippen molar-refractivity contribution in [3.8, 4) is 0 Å². The number of unbranched alkanes of at least 4 members (excludes halogenated alkanes) is 2. The van der Waals surface area contributed by atoms with Crippen LogP contribution < -0.4 is 0 Å². The first-order valence-electron chi connectivity index (χ1n) is 6.57. The Balaban J connectivity index is 2.47. The zero-order valence-electron chi connectivity index (χ0n) is 11.5. The van der Waals surface area contributed by atoms with Crippen molar-refractivity contribution in [1.29, 1.82) is 0 Å². The van der Waals surface area contributed by atoms with Crippen molar-refractivity contribution >= 4 is 5.97 Å². The zero-order valence-corrected chi connectivity index (χ0v) is 11.5. The SMILES string of the molecule is CCCC/C=C/C(C)OC(=O)c1cccc(C)c1. The van der Waals surface area contributed by atoms with Gasteiger partial charge in [-0.25, -0.2) is 4.79 Å². The second-order valence-electron chi connectivity index (χ2n) is 4.55. The first-order valence-corrected chi connectivity index (χ1v) is 6.57. The van der Waals surface area contributed by atoms with Crippen LogP contribution in [0, 0.1) is 6.92 Å². The van der Waals surface area contributed by atoms with Gasteiger partial charge in [0.05, 0.1) is 5.56 Å². The number of hydrogen-bond acceptors (Lipinski definition) is 2. The quantitative estimate of drug-likeness (QED) is 0.425. The number of aryl methyl sites for hydroxylation is 1. The van der Waals surface area contributed by atoms with E-state index in [2.05, 4.69) is 13.0 Å². The Bertz CT molecular complexity index is 407. The van der Waals surface area contributed by atoms with Gasteiger partial charge < -0.3 is 4.74 Å². The average Bonchev–Trinajstić information content (AvgIpc) is 2.34. The molecule has 98 valence electrons. The van der Waals surface area contributed by atoms with E-state index >= 15 is 0 Å². The van der Waals surface area contributed by atoms with Gasteiger partial charge in [-0.2, -0.15) is 0 Å². The molecule has 0 radical (unpaired) electrons. The Labute approximate surface area is 110 Å². The molecule has 0 saturated heterocycles. The molecule has 0 amide bonds. The van der Waals surface area contributed by atoms with Crippen LogP contribution in [0.3, 0.4) is 0 Å². The fourth-order valence-corrected chi connectivity index (χ4v) is 1.66.